The SMILES string of the molecule is CC(C)(CON)c1cccc(O)c1Br. The molecule has 4 heteroatoms. The van der Waals surface area contributed by atoms with Crippen molar-refractivity contribution in [1.82, 2.24) is 0 Å². The van der Waals surface area contributed by atoms with Crippen LogP contribution < -0.4 is 5.90 Å². The number of nitrogens with two attached hydrogens (primary N) is 1. The highest BCUT2D eigenvalue weighted by Crippen LogP contribution is 2.35. The highest BCUT2D eigenvalue weighted by molar-refractivity contribution is 9.10. The minimum atomic E-state index is -0.230. The summed E-state index contributed by atoms with van der Waals surface area (Å²) < 4.78 is 0.696. The smallest absolute Gasteiger partial charge is 0.130 e. The molecular weight excluding hydrogens is 246 g/mol. The zero-order valence-corrected chi connectivity index (χ0v) is 9.84. The Bertz CT molecular complexity index is 326. The molecule has 0 bridgehead atoms. The second kappa shape index (κ2) is 4.29. The van der Waals surface area contributed by atoms with Gasteiger partial charge in [0, 0.05) is 5.41 Å². The van der Waals surface area contributed by atoms with Crippen LogP contribution in [0.4, 0.5) is 0 Å². The molecule has 0 fully saturated rings. The third-order valence-corrected chi connectivity index (χ3v) is 2.99. The van der Waals surface area contributed by atoms with E-state index in [1.54, 1.807) is 12.1 Å². The molecule has 0 atom stereocenters. The Morgan fingerprint density at radius 2 is 2.14 bits per heavy atom. The number of benzene rings is 1. The lowest BCUT2D eigenvalue weighted by Crippen LogP contribution is -2.26. The Morgan fingerprint density at radius 3 is 2.71 bits per heavy atom. The maximum Gasteiger partial charge on any atom is 0.130 e. The van der Waals surface area contributed by atoms with Gasteiger partial charge in [-0.1, -0.05) is 26.0 Å². The number of halogens is 1. The van der Waals surface area contributed by atoms with Gasteiger partial charge in [0.15, 0.2) is 0 Å². The van der Waals surface area contributed by atoms with Gasteiger partial charge >= 0.3 is 0 Å². The Kier molecular flexibility index (Phi) is 3.53. The number of rotatable bonds is 3. The van der Waals surface area contributed by atoms with Gasteiger partial charge in [-0.25, -0.2) is 5.90 Å². The van der Waals surface area contributed by atoms with Crippen LogP contribution in [0, 0.1) is 0 Å². The average Bonchev–Trinajstić information content (AvgIpc) is 2.09. The largest absolute Gasteiger partial charge is 0.507 e. The summed E-state index contributed by atoms with van der Waals surface area (Å²) in [5, 5.41) is 9.51. The van der Waals surface area contributed by atoms with Crippen molar-refractivity contribution < 1.29 is 9.94 Å². The van der Waals surface area contributed by atoms with E-state index in [4.69, 9.17) is 5.90 Å². The van der Waals surface area contributed by atoms with Crippen molar-refractivity contribution in [2.24, 2.45) is 5.90 Å². The molecule has 0 aliphatic carbocycles. The van der Waals surface area contributed by atoms with Crippen molar-refractivity contribution in [2.45, 2.75) is 19.3 Å². The fourth-order valence-corrected chi connectivity index (χ4v) is 2.13. The van der Waals surface area contributed by atoms with E-state index in [1.165, 1.54) is 0 Å². The van der Waals surface area contributed by atoms with E-state index >= 15 is 0 Å². The normalized spacial score (nSPS) is 11.7. The summed E-state index contributed by atoms with van der Waals surface area (Å²) in [4.78, 5) is 4.65. The topological polar surface area (TPSA) is 55.5 Å². The van der Waals surface area contributed by atoms with Gasteiger partial charge in [0.2, 0.25) is 0 Å². The number of phenols is 1. The molecule has 0 aliphatic rings. The molecule has 78 valence electrons. The fraction of sp³-hybridized carbons (Fsp3) is 0.400. The molecule has 1 aromatic carbocycles. The molecule has 3 N–H and O–H groups in total. The molecule has 3 nitrogen and oxygen atoms in total. The van der Waals surface area contributed by atoms with Crippen LogP contribution in [0.1, 0.15) is 19.4 Å². The standard InChI is InChI=1S/C10H14BrNO2/c1-10(2,6-14-12)7-4-3-5-8(13)9(7)11/h3-5,13H,6,12H2,1-2H3. The predicted molar refractivity (Wildman–Crippen MR) is 59.0 cm³/mol. The number of phenolic OH excluding ortho intramolecular Hbond substituents is 1. The molecular formula is C10H14BrNO2. The first-order valence-electron chi connectivity index (χ1n) is 4.28. The highest BCUT2D eigenvalue weighted by atomic mass is 79.9. The summed E-state index contributed by atoms with van der Waals surface area (Å²) in [6, 6.07) is 5.36. The number of hydrogen-bond acceptors (Lipinski definition) is 3. The van der Waals surface area contributed by atoms with E-state index in [0.29, 0.717) is 11.1 Å². The molecule has 0 aliphatic heterocycles. The Labute approximate surface area is 92.0 Å². The van der Waals surface area contributed by atoms with Crippen LogP contribution in [0.25, 0.3) is 0 Å². The highest BCUT2D eigenvalue weighted by Gasteiger charge is 2.24. The number of hydrogen-bond donors (Lipinski definition) is 2. The lowest BCUT2D eigenvalue weighted by atomic mass is 9.85. The quantitative estimate of drug-likeness (QED) is 0.820. The van der Waals surface area contributed by atoms with Crippen LogP contribution in [-0.4, -0.2) is 11.7 Å². The Hall–Kier alpha value is -0.580. The van der Waals surface area contributed by atoms with Crippen LogP contribution in [0.3, 0.4) is 0 Å². The predicted octanol–water partition coefficient (Wildman–Crippen LogP) is 2.32. The molecule has 1 aromatic rings. The second-order valence-electron chi connectivity index (χ2n) is 3.83. The molecule has 0 amide bonds. The lowest BCUT2D eigenvalue weighted by Gasteiger charge is -2.25. The van der Waals surface area contributed by atoms with Crippen molar-refractivity contribution in [3.05, 3.63) is 28.2 Å². The summed E-state index contributed by atoms with van der Waals surface area (Å²) in [6.45, 7) is 4.40. The van der Waals surface area contributed by atoms with Gasteiger partial charge in [-0.05, 0) is 27.6 Å². The monoisotopic (exact) mass is 259 g/mol. The minimum Gasteiger partial charge on any atom is -0.507 e. The van der Waals surface area contributed by atoms with Crippen molar-refractivity contribution in [3.8, 4) is 5.75 Å². The maximum absolute atomic E-state index is 9.51. The van der Waals surface area contributed by atoms with Gasteiger partial charge in [0.1, 0.15) is 5.75 Å². The van der Waals surface area contributed by atoms with Crippen LogP contribution in [0.15, 0.2) is 22.7 Å². The van der Waals surface area contributed by atoms with Crippen LogP contribution in [0.2, 0.25) is 0 Å². The van der Waals surface area contributed by atoms with Gasteiger partial charge in [0.25, 0.3) is 0 Å². The fourth-order valence-electron chi connectivity index (χ4n) is 1.33. The van der Waals surface area contributed by atoms with Crippen LogP contribution in [-0.2, 0) is 10.3 Å². The second-order valence-corrected chi connectivity index (χ2v) is 4.63. The van der Waals surface area contributed by atoms with Crippen molar-refractivity contribution in [2.75, 3.05) is 6.61 Å². The molecule has 0 aromatic heterocycles. The molecule has 0 radical (unpaired) electrons. The van der Waals surface area contributed by atoms with Crippen molar-refractivity contribution in [1.29, 1.82) is 0 Å². The zero-order chi connectivity index (χ0) is 10.8. The van der Waals surface area contributed by atoms with E-state index in [0.717, 1.165) is 5.56 Å². The number of aromatic hydroxyl groups is 1. The summed E-state index contributed by atoms with van der Waals surface area (Å²) in [5.74, 6) is 5.29. The first kappa shape index (κ1) is 11.5. The van der Waals surface area contributed by atoms with Crippen molar-refractivity contribution in [3.63, 3.8) is 0 Å². The van der Waals surface area contributed by atoms with E-state index in [-0.39, 0.29) is 11.2 Å². The molecule has 0 saturated heterocycles. The summed E-state index contributed by atoms with van der Waals surface area (Å²) >= 11 is 3.34. The van der Waals surface area contributed by atoms with Crippen LogP contribution >= 0.6 is 15.9 Å². The van der Waals surface area contributed by atoms with E-state index in [1.807, 2.05) is 19.9 Å². The molecule has 0 heterocycles. The molecule has 14 heavy (non-hydrogen) atoms. The molecule has 1 rings (SSSR count). The lowest BCUT2D eigenvalue weighted by molar-refractivity contribution is 0.0961. The molecule has 0 unspecified atom stereocenters. The van der Waals surface area contributed by atoms with Gasteiger partial charge < -0.3 is 9.94 Å². The van der Waals surface area contributed by atoms with Crippen LogP contribution in [0.5, 0.6) is 5.75 Å². The Balaban J connectivity index is 3.12. The first-order valence-corrected chi connectivity index (χ1v) is 5.08. The van der Waals surface area contributed by atoms with Gasteiger partial charge in [-0.15, -0.1) is 0 Å². The van der Waals surface area contributed by atoms with E-state index in [2.05, 4.69) is 20.8 Å². The van der Waals surface area contributed by atoms with E-state index < -0.39 is 0 Å². The summed E-state index contributed by atoms with van der Waals surface area (Å²) in [5.41, 5.74) is 0.745. The third kappa shape index (κ3) is 2.26. The Morgan fingerprint density at radius 1 is 1.50 bits per heavy atom. The first-order chi connectivity index (χ1) is 6.49. The molecule has 0 spiro atoms. The van der Waals surface area contributed by atoms with Gasteiger partial charge in [0.05, 0.1) is 11.1 Å². The molecule has 0 saturated carbocycles. The minimum absolute atomic E-state index is 0.229. The van der Waals surface area contributed by atoms with Crippen molar-refractivity contribution >= 4 is 15.9 Å². The van der Waals surface area contributed by atoms with Gasteiger partial charge in [-0.3, -0.25) is 0 Å². The summed E-state index contributed by atoms with van der Waals surface area (Å²) in [7, 11) is 0. The van der Waals surface area contributed by atoms with E-state index in [9.17, 15) is 5.11 Å². The maximum atomic E-state index is 9.51. The third-order valence-electron chi connectivity index (χ3n) is 2.15. The average molecular weight is 260 g/mol. The van der Waals surface area contributed by atoms with Gasteiger partial charge in [-0.2, -0.15) is 0 Å². The zero-order valence-electron chi connectivity index (χ0n) is 8.25. The summed E-state index contributed by atoms with van der Waals surface area (Å²) in [6.07, 6.45) is 0.